The molecule has 1 heterocycles. The molecule has 15 rings (SSSR count). The molecule has 12 aromatic rings. The molecule has 0 saturated carbocycles. The summed E-state index contributed by atoms with van der Waals surface area (Å²) in [5.41, 5.74) is 27.4. The van der Waals surface area contributed by atoms with Crippen LogP contribution in [0.1, 0.15) is 47.2 Å². The molecule has 338 valence electrons. The number of benzene rings is 11. The smallest absolute Gasteiger partial charge is 0.143 e. The summed E-state index contributed by atoms with van der Waals surface area (Å²) in [6.45, 7) is 4.72. The molecule has 0 amide bonds. The molecule has 0 N–H and O–H groups in total. The molecular formula is C70H47NO. The standard InChI is InChI=1S/C70H47NO/c1-69(2)60-28-10-6-21-53(60)55-40-38-50(43-64(55)69)71(49-20-14-19-47(41-49)52-26-15-27-58-57-23-9-13-32-66(57)72-68(52)58)48-36-33-45(34-37-48)51-25-16-31-63-67(51)59-24-8-12-30-62(59)70(63)61-29-11-7-22-54(61)56-39-35-46(42-65(56)70)44-17-4-3-5-18-44/h3-43H,1-2H3. The number of nitrogens with zero attached hydrogens (tertiary/aromatic N) is 1. The number of rotatable bonds is 6. The van der Waals surface area contributed by atoms with E-state index in [0.29, 0.717) is 0 Å². The fraction of sp³-hybridized carbons (Fsp3) is 0.0571. The maximum absolute atomic E-state index is 6.60. The summed E-state index contributed by atoms with van der Waals surface area (Å²) in [6, 6.07) is 92.2. The second-order valence-electron chi connectivity index (χ2n) is 20.3. The molecule has 0 fully saturated rings. The average molecular weight is 918 g/mol. The van der Waals surface area contributed by atoms with Crippen LogP contribution < -0.4 is 4.90 Å². The van der Waals surface area contributed by atoms with Crippen LogP contribution in [0.5, 0.6) is 0 Å². The number of hydrogen-bond donors (Lipinski definition) is 0. The maximum Gasteiger partial charge on any atom is 0.143 e. The van der Waals surface area contributed by atoms with E-state index in [4.69, 9.17) is 4.42 Å². The van der Waals surface area contributed by atoms with Crippen LogP contribution in [0, 0.1) is 0 Å². The topological polar surface area (TPSA) is 16.4 Å². The second-order valence-corrected chi connectivity index (χ2v) is 20.3. The zero-order chi connectivity index (χ0) is 47.7. The van der Waals surface area contributed by atoms with Crippen molar-refractivity contribution in [2.24, 2.45) is 0 Å². The Morgan fingerprint density at radius 1 is 0.306 bits per heavy atom. The van der Waals surface area contributed by atoms with Crippen LogP contribution in [0.15, 0.2) is 253 Å². The van der Waals surface area contributed by atoms with E-state index in [0.717, 1.165) is 50.1 Å². The molecule has 11 aromatic carbocycles. The van der Waals surface area contributed by atoms with Crippen molar-refractivity contribution in [1.82, 2.24) is 0 Å². The van der Waals surface area contributed by atoms with Crippen LogP contribution in [0.25, 0.3) is 88.7 Å². The summed E-state index contributed by atoms with van der Waals surface area (Å²) >= 11 is 0. The summed E-state index contributed by atoms with van der Waals surface area (Å²) in [4.78, 5) is 2.43. The highest BCUT2D eigenvalue weighted by atomic mass is 16.3. The SMILES string of the molecule is CC1(C)c2ccccc2-c2ccc(N(c3ccc(-c4cccc5c4-c4ccccc4C54c5ccccc5-c5ccc(-c6ccccc6)cc54)cc3)c3cccc(-c4cccc5c4oc4ccccc45)c3)cc21. The van der Waals surface area contributed by atoms with E-state index in [2.05, 4.69) is 261 Å². The molecule has 1 spiro atoms. The minimum absolute atomic E-state index is 0.152. The summed E-state index contributed by atoms with van der Waals surface area (Å²) < 4.78 is 6.60. The fourth-order valence-corrected chi connectivity index (χ4v) is 13.1. The van der Waals surface area contributed by atoms with E-state index in [1.807, 2.05) is 6.07 Å². The first-order valence-electron chi connectivity index (χ1n) is 25.2. The van der Waals surface area contributed by atoms with E-state index in [-0.39, 0.29) is 5.41 Å². The molecule has 0 saturated heterocycles. The summed E-state index contributed by atoms with van der Waals surface area (Å²) in [5.74, 6) is 0. The van der Waals surface area contributed by atoms with Crippen LogP contribution >= 0.6 is 0 Å². The van der Waals surface area contributed by atoms with Crippen molar-refractivity contribution in [3.8, 4) is 66.8 Å². The number of para-hydroxylation sites is 2. The van der Waals surface area contributed by atoms with Gasteiger partial charge >= 0.3 is 0 Å². The van der Waals surface area contributed by atoms with Crippen LogP contribution in [0.4, 0.5) is 17.1 Å². The summed E-state index contributed by atoms with van der Waals surface area (Å²) in [6.07, 6.45) is 0. The predicted molar refractivity (Wildman–Crippen MR) is 299 cm³/mol. The molecule has 3 aliphatic rings. The molecular weight excluding hydrogens is 871 g/mol. The van der Waals surface area contributed by atoms with Crippen molar-refractivity contribution in [1.29, 1.82) is 0 Å². The Balaban J connectivity index is 0.894. The van der Waals surface area contributed by atoms with Gasteiger partial charge in [0.15, 0.2) is 0 Å². The normalized spacial score (nSPS) is 15.2. The van der Waals surface area contributed by atoms with Crippen molar-refractivity contribution in [3.63, 3.8) is 0 Å². The lowest BCUT2D eigenvalue weighted by Gasteiger charge is -2.31. The van der Waals surface area contributed by atoms with Crippen molar-refractivity contribution < 1.29 is 4.42 Å². The van der Waals surface area contributed by atoms with E-state index in [1.54, 1.807) is 0 Å². The monoisotopic (exact) mass is 917 g/mol. The van der Waals surface area contributed by atoms with Gasteiger partial charge in [0.2, 0.25) is 0 Å². The Morgan fingerprint density at radius 2 is 0.847 bits per heavy atom. The Kier molecular flexibility index (Phi) is 8.66. The van der Waals surface area contributed by atoms with E-state index < -0.39 is 5.41 Å². The quantitative estimate of drug-likeness (QED) is 0.165. The summed E-state index contributed by atoms with van der Waals surface area (Å²) in [7, 11) is 0. The van der Waals surface area contributed by atoms with Gasteiger partial charge < -0.3 is 9.32 Å². The summed E-state index contributed by atoms with van der Waals surface area (Å²) in [5, 5.41) is 2.26. The van der Waals surface area contributed by atoms with Crippen molar-refractivity contribution in [2.75, 3.05) is 4.90 Å². The first-order valence-corrected chi connectivity index (χ1v) is 25.2. The highest BCUT2D eigenvalue weighted by Gasteiger charge is 2.52. The molecule has 0 bridgehead atoms. The largest absolute Gasteiger partial charge is 0.455 e. The van der Waals surface area contributed by atoms with Gasteiger partial charge in [0.1, 0.15) is 11.2 Å². The third kappa shape index (κ3) is 5.66. The van der Waals surface area contributed by atoms with Crippen molar-refractivity contribution >= 4 is 39.0 Å². The van der Waals surface area contributed by atoms with Gasteiger partial charge in [-0.25, -0.2) is 0 Å². The highest BCUT2D eigenvalue weighted by molar-refractivity contribution is 6.10. The van der Waals surface area contributed by atoms with Crippen LogP contribution in [0.2, 0.25) is 0 Å². The Bertz CT molecular complexity index is 4190. The zero-order valence-electron chi connectivity index (χ0n) is 40.0. The minimum atomic E-state index is -0.464. The van der Waals surface area contributed by atoms with Gasteiger partial charge in [0.05, 0.1) is 5.41 Å². The van der Waals surface area contributed by atoms with Crippen LogP contribution in [0.3, 0.4) is 0 Å². The third-order valence-corrected chi connectivity index (χ3v) is 16.3. The second kappa shape index (κ2) is 15.3. The predicted octanol–water partition coefficient (Wildman–Crippen LogP) is 18.7. The number of fused-ring (bicyclic) bond motifs is 16. The minimum Gasteiger partial charge on any atom is -0.455 e. The van der Waals surface area contributed by atoms with Gasteiger partial charge in [-0.1, -0.05) is 214 Å². The Labute approximate surface area is 419 Å². The van der Waals surface area contributed by atoms with E-state index in [9.17, 15) is 0 Å². The first kappa shape index (κ1) is 40.9. The molecule has 3 aliphatic carbocycles. The average Bonchev–Trinajstić information content (AvgIpc) is 4.14. The van der Waals surface area contributed by atoms with Gasteiger partial charge in [-0.05, 0) is 143 Å². The number of furan rings is 1. The molecule has 1 unspecified atom stereocenters. The van der Waals surface area contributed by atoms with Crippen LogP contribution in [-0.2, 0) is 10.8 Å². The Morgan fingerprint density at radius 3 is 1.68 bits per heavy atom. The first-order chi connectivity index (χ1) is 35.5. The fourth-order valence-electron chi connectivity index (χ4n) is 13.1. The zero-order valence-corrected chi connectivity index (χ0v) is 40.0. The lowest BCUT2D eigenvalue weighted by molar-refractivity contribution is 0.660. The van der Waals surface area contributed by atoms with Gasteiger partial charge in [-0.15, -0.1) is 0 Å². The van der Waals surface area contributed by atoms with E-state index >= 15 is 0 Å². The number of anilines is 3. The third-order valence-electron chi connectivity index (χ3n) is 16.3. The number of hydrogen-bond acceptors (Lipinski definition) is 2. The molecule has 0 aliphatic heterocycles. The molecule has 2 heteroatoms. The maximum atomic E-state index is 6.60. The molecule has 72 heavy (non-hydrogen) atoms. The highest BCUT2D eigenvalue weighted by Crippen LogP contribution is 2.64. The van der Waals surface area contributed by atoms with Gasteiger partial charge in [-0.3, -0.25) is 0 Å². The Hall–Kier alpha value is -8.98. The molecule has 2 nitrogen and oxygen atoms in total. The van der Waals surface area contributed by atoms with Gasteiger partial charge in [-0.2, -0.15) is 0 Å². The molecule has 1 aromatic heterocycles. The van der Waals surface area contributed by atoms with Crippen molar-refractivity contribution in [3.05, 3.63) is 282 Å². The van der Waals surface area contributed by atoms with Gasteiger partial charge in [0.25, 0.3) is 0 Å². The van der Waals surface area contributed by atoms with E-state index in [1.165, 1.54) is 89.0 Å². The van der Waals surface area contributed by atoms with Crippen molar-refractivity contribution in [2.45, 2.75) is 24.7 Å². The lowest BCUT2D eigenvalue weighted by Crippen LogP contribution is -2.25. The lowest BCUT2D eigenvalue weighted by atomic mass is 9.70. The van der Waals surface area contributed by atoms with Gasteiger partial charge in [0, 0.05) is 38.8 Å². The molecule has 1 atom stereocenters. The van der Waals surface area contributed by atoms with Crippen LogP contribution in [-0.4, -0.2) is 0 Å². The molecule has 0 radical (unpaired) electrons.